The Hall–Kier alpha value is -3.17. The van der Waals surface area contributed by atoms with Crippen molar-refractivity contribution in [3.05, 3.63) is 39.9 Å². The van der Waals surface area contributed by atoms with Gasteiger partial charge < -0.3 is 9.80 Å². The van der Waals surface area contributed by atoms with Crippen molar-refractivity contribution in [3.8, 4) is 0 Å². The van der Waals surface area contributed by atoms with Crippen LogP contribution in [0.2, 0.25) is 0 Å². The molecule has 2 fully saturated rings. The quantitative estimate of drug-likeness (QED) is 0.401. The molecule has 10 heteroatoms. The molecule has 0 unspecified atom stereocenters. The van der Waals surface area contributed by atoms with Gasteiger partial charge in [0.1, 0.15) is 0 Å². The highest BCUT2D eigenvalue weighted by molar-refractivity contribution is 5.43. The van der Waals surface area contributed by atoms with E-state index in [1.165, 1.54) is 25.0 Å². The van der Waals surface area contributed by atoms with Gasteiger partial charge in [-0.1, -0.05) is 12.1 Å². The standard InChI is InChI=1S/C20H26N8O2/c29-28(30)17-9-7-8-16(14-17)15-21-25-18-22-19(26-10-3-1-4-11-26)24-20(23-18)27-12-5-2-6-13-27/h7-9,14H,1-6,10-13,15H2. The zero-order chi connectivity index (χ0) is 20.8. The van der Waals surface area contributed by atoms with Gasteiger partial charge in [-0.05, 0) is 44.1 Å². The van der Waals surface area contributed by atoms with Crippen LogP contribution in [0.15, 0.2) is 34.5 Å². The molecule has 0 amide bonds. The lowest BCUT2D eigenvalue weighted by molar-refractivity contribution is -0.384. The highest BCUT2D eigenvalue weighted by Gasteiger charge is 2.20. The number of azo groups is 1. The van der Waals surface area contributed by atoms with E-state index in [1.807, 2.05) is 0 Å². The molecule has 4 rings (SSSR count). The summed E-state index contributed by atoms with van der Waals surface area (Å²) in [5, 5.41) is 19.4. The number of hydrogen-bond acceptors (Lipinski definition) is 9. The second-order valence-corrected chi connectivity index (χ2v) is 7.66. The van der Waals surface area contributed by atoms with Gasteiger partial charge >= 0.3 is 0 Å². The number of hydrogen-bond donors (Lipinski definition) is 0. The van der Waals surface area contributed by atoms with Crippen LogP contribution < -0.4 is 9.80 Å². The molecule has 158 valence electrons. The van der Waals surface area contributed by atoms with Crippen LogP contribution in [0.25, 0.3) is 0 Å². The van der Waals surface area contributed by atoms with E-state index in [4.69, 9.17) is 4.98 Å². The molecule has 2 aliphatic heterocycles. The van der Waals surface area contributed by atoms with Gasteiger partial charge in [0.05, 0.1) is 11.5 Å². The van der Waals surface area contributed by atoms with Crippen LogP contribution in [-0.4, -0.2) is 46.1 Å². The van der Waals surface area contributed by atoms with Gasteiger partial charge in [-0.15, -0.1) is 5.11 Å². The van der Waals surface area contributed by atoms with Crippen molar-refractivity contribution >= 4 is 23.5 Å². The largest absolute Gasteiger partial charge is 0.341 e. The Bertz CT molecular complexity index is 871. The second kappa shape index (κ2) is 9.55. The number of nitro benzene ring substituents is 1. The third-order valence-electron chi connectivity index (χ3n) is 5.41. The van der Waals surface area contributed by atoms with E-state index in [9.17, 15) is 10.1 Å². The van der Waals surface area contributed by atoms with Crippen LogP contribution in [0.4, 0.5) is 23.5 Å². The molecule has 0 saturated carbocycles. The Labute approximate surface area is 175 Å². The smallest absolute Gasteiger partial charge is 0.275 e. The van der Waals surface area contributed by atoms with Crippen molar-refractivity contribution in [1.29, 1.82) is 0 Å². The number of rotatable bonds is 6. The lowest BCUT2D eigenvalue weighted by Gasteiger charge is -2.29. The molecule has 0 N–H and O–H groups in total. The SMILES string of the molecule is O=[N+]([O-])c1cccc(CN=Nc2nc(N3CCCCC3)nc(N3CCCCC3)n2)c1. The number of aromatic nitrogens is 3. The number of benzene rings is 1. The first-order valence-electron chi connectivity index (χ1n) is 10.6. The average Bonchev–Trinajstić information content (AvgIpc) is 2.80. The molecule has 10 nitrogen and oxygen atoms in total. The Morgan fingerprint density at radius 1 is 0.900 bits per heavy atom. The molecule has 1 aromatic carbocycles. The second-order valence-electron chi connectivity index (χ2n) is 7.66. The van der Waals surface area contributed by atoms with E-state index in [-0.39, 0.29) is 18.2 Å². The zero-order valence-electron chi connectivity index (χ0n) is 17.0. The van der Waals surface area contributed by atoms with Crippen molar-refractivity contribution in [2.75, 3.05) is 36.0 Å². The maximum absolute atomic E-state index is 10.9. The van der Waals surface area contributed by atoms with Crippen molar-refractivity contribution in [3.63, 3.8) is 0 Å². The fourth-order valence-electron chi connectivity index (χ4n) is 3.81. The molecule has 30 heavy (non-hydrogen) atoms. The molecule has 2 saturated heterocycles. The first kappa shape index (κ1) is 20.1. The monoisotopic (exact) mass is 410 g/mol. The van der Waals surface area contributed by atoms with Gasteiger partial charge in [0.2, 0.25) is 11.9 Å². The summed E-state index contributed by atoms with van der Waals surface area (Å²) in [5.74, 6) is 1.61. The minimum absolute atomic E-state index is 0.0441. The van der Waals surface area contributed by atoms with Crippen molar-refractivity contribution in [2.24, 2.45) is 10.2 Å². The van der Waals surface area contributed by atoms with Gasteiger partial charge in [-0.3, -0.25) is 10.1 Å². The Balaban J connectivity index is 1.55. The lowest BCUT2D eigenvalue weighted by atomic mass is 10.1. The normalized spacial score (nSPS) is 17.5. The van der Waals surface area contributed by atoms with E-state index in [0.29, 0.717) is 11.9 Å². The van der Waals surface area contributed by atoms with E-state index in [2.05, 4.69) is 30.0 Å². The number of nitrogens with zero attached hydrogens (tertiary/aromatic N) is 8. The summed E-state index contributed by atoms with van der Waals surface area (Å²) in [7, 11) is 0. The maximum Gasteiger partial charge on any atom is 0.275 e. The maximum atomic E-state index is 10.9. The van der Waals surface area contributed by atoms with Crippen molar-refractivity contribution in [2.45, 2.75) is 45.1 Å². The first-order chi connectivity index (χ1) is 14.7. The minimum atomic E-state index is -0.414. The van der Waals surface area contributed by atoms with Gasteiger partial charge in [-0.25, -0.2) is 0 Å². The number of non-ortho nitro benzene ring substituents is 1. The summed E-state index contributed by atoms with van der Waals surface area (Å²) in [6.45, 7) is 3.98. The van der Waals surface area contributed by atoms with Gasteiger partial charge in [0, 0.05) is 38.3 Å². The third kappa shape index (κ3) is 5.05. The average molecular weight is 410 g/mol. The summed E-state index contributed by atoms with van der Waals surface area (Å²) in [5.41, 5.74) is 0.761. The number of nitro groups is 1. The first-order valence-corrected chi connectivity index (χ1v) is 10.6. The summed E-state index contributed by atoms with van der Waals surface area (Å²) < 4.78 is 0. The molecule has 1 aromatic heterocycles. The van der Waals surface area contributed by atoms with Gasteiger partial charge in [0.25, 0.3) is 11.6 Å². The minimum Gasteiger partial charge on any atom is -0.341 e. The Morgan fingerprint density at radius 3 is 2.07 bits per heavy atom. The summed E-state index contributed by atoms with van der Waals surface area (Å²) >= 11 is 0. The summed E-state index contributed by atoms with van der Waals surface area (Å²) in [4.78, 5) is 28.7. The van der Waals surface area contributed by atoms with Gasteiger partial charge in [0.15, 0.2) is 0 Å². The molecule has 3 heterocycles. The third-order valence-corrected chi connectivity index (χ3v) is 5.41. The van der Waals surface area contributed by atoms with Crippen LogP contribution in [0.1, 0.15) is 44.1 Å². The van der Waals surface area contributed by atoms with E-state index >= 15 is 0 Å². The van der Waals surface area contributed by atoms with Crippen molar-refractivity contribution in [1.82, 2.24) is 15.0 Å². The number of piperidine rings is 2. The summed E-state index contributed by atoms with van der Waals surface area (Å²) in [6, 6.07) is 6.40. The Morgan fingerprint density at radius 2 is 1.50 bits per heavy atom. The molecular weight excluding hydrogens is 384 g/mol. The van der Waals surface area contributed by atoms with Crippen LogP contribution in [0, 0.1) is 10.1 Å². The zero-order valence-corrected chi connectivity index (χ0v) is 17.0. The molecule has 0 bridgehead atoms. The Kier molecular flexibility index (Phi) is 6.41. The van der Waals surface area contributed by atoms with E-state index < -0.39 is 4.92 Å². The van der Waals surface area contributed by atoms with Crippen molar-refractivity contribution < 1.29 is 4.92 Å². The highest BCUT2D eigenvalue weighted by Crippen LogP contribution is 2.24. The topological polar surface area (TPSA) is 113 Å². The molecule has 0 atom stereocenters. The number of anilines is 2. The highest BCUT2D eigenvalue weighted by atomic mass is 16.6. The molecular formula is C20H26N8O2. The molecule has 0 aliphatic carbocycles. The van der Waals surface area contributed by atoms with E-state index in [1.54, 1.807) is 12.1 Å². The van der Waals surface area contributed by atoms with Crippen LogP contribution in [-0.2, 0) is 6.54 Å². The van der Waals surface area contributed by atoms with E-state index in [0.717, 1.165) is 57.4 Å². The summed E-state index contributed by atoms with van der Waals surface area (Å²) in [6.07, 6.45) is 7.00. The molecule has 2 aliphatic rings. The molecule has 0 radical (unpaired) electrons. The van der Waals surface area contributed by atoms with Crippen LogP contribution >= 0.6 is 0 Å². The predicted molar refractivity (Wildman–Crippen MR) is 113 cm³/mol. The molecule has 2 aromatic rings. The fourth-order valence-corrected chi connectivity index (χ4v) is 3.81. The predicted octanol–water partition coefficient (Wildman–Crippen LogP) is 4.04. The fraction of sp³-hybridized carbons (Fsp3) is 0.550. The lowest BCUT2D eigenvalue weighted by Crippen LogP contribution is -2.34. The van der Waals surface area contributed by atoms with Crippen LogP contribution in [0.3, 0.4) is 0 Å². The van der Waals surface area contributed by atoms with Gasteiger partial charge in [-0.2, -0.15) is 20.1 Å². The van der Waals surface area contributed by atoms with Crippen LogP contribution in [0.5, 0.6) is 0 Å². The molecule has 0 spiro atoms.